The lowest BCUT2D eigenvalue weighted by Crippen LogP contribution is -2.16. The molecule has 1 saturated carbocycles. The van der Waals surface area contributed by atoms with Gasteiger partial charge < -0.3 is 5.32 Å². The number of carbonyl (C=O) groups excluding carboxylic acids is 1. The largest absolute Gasteiger partial charge is 0.325 e. The number of halogens is 1. The van der Waals surface area contributed by atoms with E-state index in [9.17, 15) is 4.79 Å². The maximum Gasteiger partial charge on any atom is 0.228 e. The number of nitrogens with one attached hydrogen (secondary N) is 1. The highest BCUT2D eigenvalue weighted by Gasteiger charge is 2.50. The molecule has 1 aliphatic carbocycles. The molecule has 1 N–H and O–H groups in total. The first kappa shape index (κ1) is 11.9. The summed E-state index contributed by atoms with van der Waals surface area (Å²) in [7, 11) is 0. The Kier molecular flexibility index (Phi) is 2.84. The van der Waals surface area contributed by atoms with E-state index in [1.807, 2.05) is 6.07 Å². The summed E-state index contributed by atoms with van der Waals surface area (Å²) in [5.41, 5.74) is 1.15. The minimum atomic E-state index is 0.00149. The van der Waals surface area contributed by atoms with E-state index in [4.69, 9.17) is 16.9 Å². The van der Waals surface area contributed by atoms with Gasteiger partial charge in [0.2, 0.25) is 5.91 Å². The van der Waals surface area contributed by atoms with Crippen LogP contribution in [0.5, 0.6) is 0 Å². The molecule has 0 radical (unpaired) electrons. The van der Waals surface area contributed by atoms with E-state index in [2.05, 4.69) is 19.2 Å². The van der Waals surface area contributed by atoms with Gasteiger partial charge in [-0.1, -0.05) is 25.4 Å². The van der Waals surface area contributed by atoms with Crippen molar-refractivity contribution in [2.24, 2.45) is 11.3 Å². The highest BCUT2D eigenvalue weighted by atomic mass is 35.5. The third-order valence-electron chi connectivity index (χ3n) is 3.19. The summed E-state index contributed by atoms with van der Waals surface area (Å²) < 4.78 is 0. The second-order valence-electron chi connectivity index (χ2n) is 5.04. The maximum absolute atomic E-state index is 11.9. The van der Waals surface area contributed by atoms with E-state index in [1.54, 1.807) is 18.2 Å². The summed E-state index contributed by atoms with van der Waals surface area (Å²) >= 11 is 5.98. The zero-order chi connectivity index (χ0) is 12.6. The molecule has 4 heteroatoms. The third kappa shape index (κ3) is 2.42. The molecule has 1 aliphatic rings. The lowest BCUT2D eigenvalue weighted by atomic mass is 10.1. The Hall–Kier alpha value is -1.53. The third-order valence-corrected chi connectivity index (χ3v) is 3.50. The van der Waals surface area contributed by atoms with Crippen molar-refractivity contribution in [1.82, 2.24) is 0 Å². The number of anilines is 1. The molecule has 0 spiro atoms. The molecule has 2 rings (SSSR count). The fraction of sp³-hybridized carbons (Fsp3) is 0.385. The van der Waals surface area contributed by atoms with Crippen molar-refractivity contribution in [3.63, 3.8) is 0 Å². The normalized spacial score (nSPS) is 20.5. The number of amides is 1. The number of hydrogen-bond donors (Lipinski definition) is 1. The number of hydrogen-bond acceptors (Lipinski definition) is 2. The topological polar surface area (TPSA) is 52.9 Å². The summed E-state index contributed by atoms with van der Waals surface area (Å²) in [6, 6.07) is 6.85. The van der Waals surface area contributed by atoms with Gasteiger partial charge in [0.15, 0.2) is 0 Å². The minimum Gasteiger partial charge on any atom is -0.325 e. The first-order chi connectivity index (χ1) is 7.94. The Labute approximate surface area is 105 Å². The lowest BCUT2D eigenvalue weighted by Gasteiger charge is -2.08. The number of nitrogens with zero attached hydrogens (tertiary/aromatic N) is 1. The standard InChI is InChI=1S/C13H13ClN2O/c1-13(2)6-9(13)12(17)16-11-4-3-8(7-15)5-10(11)14/h3-5,9H,6H2,1-2H3,(H,16,17). The van der Waals surface area contributed by atoms with Crippen LogP contribution in [0.15, 0.2) is 18.2 Å². The fourth-order valence-electron chi connectivity index (χ4n) is 1.82. The van der Waals surface area contributed by atoms with Crippen LogP contribution in [0, 0.1) is 22.7 Å². The number of nitriles is 1. The summed E-state index contributed by atoms with van der Waals surface area (Å²) in [5.74, 6) is 0.0656. The highest BCUT2D eigenvalue weighted by Crippen LogP contribution is 2.52. The maximum atomic E-state index is 11.9. The van der Waals surface area contributed by atoms with Crippen molar-refractivity contribution < 1.29 is 4.79 Å². The molecular formula is C13H13ClN2O. The van der Waals surface area contributed by atoms with E-state index in [0.29, 0.717) is 16.3 Å². The van der Waals surface area contributed by atoms with Gasteiger partial charge >= 0.3 is 0 Å². The SMILES string of the molecule is CC1(C)CC1C(=O)Nc1ccc(C#N)cc1Cl. The second-order valence-corrected chi connectivity index (χ2v) is 5.45. The van der Waals surface area contributed by atoms with Gasteiger partial charge in [0.1, 0.15) is 0 Å². The molecule has 17 heavy (non-hydrogen) atoms. The molecule has 1 fully saturated rings. The zero-order valence-corrected chi connectivity index (χ0v) is 10.5. The van der Waals surface area contributed by atoms with Crippen molar-refractivity contribution in [3.8, 4) is 6.07 Å². The molecule has 0 heterocycles. The van der Waals surface area contributed by atoms with Crippen LogP contribution in [0.4, 0.5) is 5.69 Å². The highest BCUT2D eigenvalue weighted by molar-refractivity contribution is 6.33. The van der Waals surface area contributed by atoms with Gasteiger partial charge in [-0.2, -0.15) is 5.26 Å². The Bertz CT molecular complexity index is 517. The van der Waals surface area contributed by atoms with E-state index in [-0.39, 0.29) is 17.2 Å². The lowest BCUT2D eigenvalue weighted by molar-refractivity contribution is -0.117. The molecule has 1 atom stereocenters. The van der Waals surface area contributed by atoms with E-state index < -0.39 is 0 Å². The molecule has 0 bridgehead atoms. The zero-order valence-electron chi connectivity index (χ0n) is 9.75. The monoisotopic (exact) mass is 248 g/mol. The Morgan fingerprint density at radius 3 is 2.71 bits per heavy atom. The Balaban J connectivity index is 2.10. The summed E-state index contributed by atoms with van der Waals surface area (Å²) in [5, 5.41) is 11.9. The molecule has 1 aromatic carbocycles. The minimum absolute atomic E-state index is 0.00149. The van der Waals surface area contributed by atoms with Crippen molar-refractivity contribution in [2.45, 2.75) is 20.3 Å². The van der Waals surface area contributed by atoms with Gasteiger partial charge in [0.05, 0.1) is 22.3 Å². The summed E-state index contributed by atoms with van der Waals surface area (Å²) in [6.07, 6.45) is 0.909. The fourth-order valence-corrected chi connectivity index (χ4v) is 2.05. The number of carbonyl (C=O) groups is 1. The average Bonchev–Trinajstić information content (AvgIpc) is 2.91. The van der Waals surface area contributed by atoms with Gasteiger partial charge in [-0.25, -0.2) is 0 Å². The average molecular weight is 249 g/mol. The number of benzene rings is 1. The second kappa shape index (κ2) is 4.05. The molecule has 0 aromatic heterocycles. The number of rotatable bonds is 2. The summed E-state index contributed by atoms with van der Waals surface area (Å²) in [6.45, 7) is 4.13. The molecule has 88 valence electrons. The summed E-state index contributed by atoms with van der Waals surface area (Å²) in [4.78, 5) is 11.9. The van der Waals surface area contributed by atoms with Crippen LogP contribution in [0.1, 0.15) is 25.8 Å². The van der Waals surface area contributed by atoms with Crippen LogP contribution in [-0.2, 0) is 4.79 Å². The van der Waals surface area contributed by atoms with Crippen molar-refractivity contribution in [1.29, 1.82) is 5.26 Å². The van der Waals surface area contributed by atoms with E-state index in [1.165, 1.54) is 0 Å². The molecule has 1 unspecified atom stereocenters. The van der Waals surface area contributed by atoms with Crippen LogP contribution in [0.2, 0.25) is 5.02 Å². The van der Waals surface area contributed by atoms with Crippen molar-refractivity contribution in [2.75, 3.05) is 5.32 Å². The van der Waals surface area contributed by atoms with Gasteiger partial charge in [0.25, 0.3) is 0 Å². The van der Waals surface area contributed by atoms with Crippen LogP contribution < -0.4 is 5.32 Å². The predicted molar refractivity (Wildman–Crippen MR) is 66.7 cm³/mol. The van der Waals surface area contributed by atoms with Crippen LogP contribution in [0.25, 0.3) is 0 Å². The quantitative estimate of drug-likeness (QED) is 0.874. The Morgan fingerprint density at radius 1 is 1.59 bits per heavy atom. The first-order valence-electron chi connectivity index (χ1n) is 5.44. The first-order valence-corrected chi connectivity index (χ1v) is 5.82. The molecular weight excluding hydrogens is 236 g/mol. The van der Waals surface area contributed by atoms with E-state index in [0.717, 1.165) is 6.42 Å². The van der Waals surface area contributed by atoms with Crippen LogP contribution in [-0.4, -0.2) is 5.91 Å². The van der Waals surface area contributed by atoms with Crippen molar-refractivity contribution >= 4 is 23.2 Å². The smallest absolute Gasteiger partial charge is 0.228 e. The van der Waals surface area contributed by atoms with Gasteiger partial charge in [0, 0.05) is 5.92 Å². The van der Waals surface area contributed by atoms with Crippen LogP contribution in [0.3, 0.4) is 0 Å². The van der Waals surface area contributed by atoms with E-state index >= 15 is 0 Å². The molecule has 1 aromatic rings. The van der Waals surface area contributed by atoms with Gasteiger partial charge in [-0.05, 0) is 30.0 Å². The molecule has 1 amide bonds. The molecule has 0 saturated heterocycles. The molecule has 3 nitrogen and oxygen atoms in total. The van der Waals surface area contributed by atoms with Crippen LogP contribution >= 0.6 is 11.6 Å². The molecule has 0 aliphatic heterocycles. The predicted octanol–water partition coefficient (Wildman–Crippen LogP) is 3.20. The van der Waals surface area contributed by atoms with Gasteiger partial charge in [-0.3, -0.25) is 4.79 Å². The van der Waals surface area contributed by atoms with Gasteiger partial charge in [-0.15, -0.1) is 0 Å². The van der Waals surface area contributed by atoms with Crippen molar-refractivity contribution in [3.05, 3.63) is 28.8 Å². The Morgan fingerprint density at radius 2 is 2.24 bits per heavy atom.